The number of aliphatic hydroxyl groups excluding tert-OH is 1. The summed E-state index contributed by atoms with van der Waals surface area (Å²) < 4.78 is 18.3. The Morgan fingerprint density at radius 1 is 1.11 bits per heavy atom. The highest BCUT2D eigenvalue weighted by Gasteiger charge is 2.56. The zero-order valence-corrected chi connectivity index (χ0v) is 25.9. The van der Waals surface area contributed by atoms with Crippen molar-refractivity contribution in [1.29, 1.82) is 0 Å². The molecule has 0 bridgehead atoms. The average Bonchev–Trinajstić information content (AvgIpc) is 2.82. The Kier molecular flexibility index (Phi) is 12.8. The molecule has 1 aliphatic heterocycles. The summed E-state index contributed by atoms with van der Waals surface area (Å²) in [4.78, 5) is 0. The monoisotopic (exact) mass is 508 g/mol. The minimum atomic E-state index is -2.18. The van der Waals surface area contributed by atoms with Crippen molar-refractivity contribution in [3.05, 3.63) is 35.8 Å². The largest absolute Gasteiger partial charge is 0.502 e. The smallest absolute Gasteiger partial charge is 0.227 e. The van der Waals surface area contributed by atoms with Crippen molar-refractivity contribution in [3.8, 4) is 0 Å². The Bertz CT molecular complexity index is 702. The molecule has 0 amide bonds. The van der Waals surface area contributed by atoms with Gasteiger partial charge in [-0.15, -0.1) is 0 Å². The van der Waals surface area contributed by atoms with Crippen LogP contribution in [0, 0.1) is 23.7 Å². The van der Waals surface area contributed by atoms with E-state index in [1.165, 1.54) is 12.0 Å². The van der Waals surface area contributed by atoms with Gasteiger partial charge in [0.15, 0.2) is 0 Å². The molecule has 0 aromatic rings. The molecule has 0 saturated heterocycles. The molecule has 2 rings (SSSR count). The molecule has 0 aromatic heterocycles. The number of rotatable bonds is 9. The number of fused-ring (bicyclic) bond motifs is 1. The summed E-state index contributed by atoms with van der Waals surface area (Å²) in [5, 5.41) is 10.6. The fraction of sp³-hybridized carbons (Fsp3) is 0.800. The number of ether oxygens (including phenoxy) is 2. The molecule has 0 aromatic carbocycles. The first kappa shape index (κ1) is 32.0. The van der Waals surface area contributed by atoms with Gasteiger partial charge in [-0.05, 0) is 80.0 Å². The Morgan fingerprint density at radius 2 is 1.69 bits per heavy atom. The number of allylic oxidation sites excluding steroid dienone is 5. The molecule has 1 heterocycles. The molecular weight excluding hydrogens is 452 g/mol. The highest BCUT2D eigenvalue weighted by Crippen LogP contribution is 2.53. The molecule has 4 nitrogen and oxygen atoms in total. The van der Waals surface area contributed by atoms with E-state index in [-0.39, 0.29) is 12.5 Å². The van der Waals surface area contributed by atoms with Gasteiger partial charge < -0.3 is 19.0 Å². The van der Waals surface area contributed by atoms with Gasteiger partial charge >= 0.3 is 0 Å². The fourth-order valence-corrected chi connectivity index (χ4v) is 12.1. The first-order valence-corrected chi connectivity index (χ1v) is 16.0. The van der Waals surface area contributed by atoms with Crippen molar-refractivity contribution in [2.75, 3.05) is 13.7 Å². The molecule has 1 aliphatic carbocycles. The van der Waals surface area contributed by atoms with E-state index < -0.39 is 14.1 Å². The van der Waals surface area contributed by atoms with E-state index >= 15 is 0 Å². The van der Waals surface area contributed by atoms with Crippen molar-refractivity contribution < 1.29 is 19.0 Å². The van der Waals surface area contributed by atoms with Gasteiger partial charge in [-0.25, -0.2) is 0 Å². The van der Waals surface area contributed by atoms with Crippen LogP contribution in [0.5, 0.6) is 0 Å². The zero-order chi connectivity index (χ0) is 27.0. The lowest BCUT2D eigenvalue weighted by Crippen LogP contribution is -2.61. The summed E-state index contributed by atoms with van der Waals surface area (Å²) in [6.07, 6.45) is 11.8. The summed E-state index contributed by atoms with van der Waals surface area (Å²) in [6, 6.07) is 0. The Morgan fingerprint density at radius 3 is 2.09 bits per heavy atom. The molecule has 5 heteroatoms. The second kappa shape index (κ2) is 14.0. The van der Waals surface area contributed by atoms with Gasteiger partial charge in [0.25, 0.3) is 0 Å². The number of hydrogen-bond donors (Lipinski definition) is 1. The minimum absolute atomic E-state index is 0.0789. The summed E-state index contributed by atoms with van der Waals surface area (Å²) >= 11 is 0. The van der Waals surface area contributed by atoms with Crippen LogP contribution in [0.3, 0.4) is 0 Å². The highest BCUT2D eigenvalue weighted by atomic mass is 28.4. The van der Waals surface area contributed by atoms with Crippen LogP contribution in [0.15, 0.2) is 35.8 Å². The van der Waals surface area contributed by atoms with E-state index in [1.54, 1.807) is 7.11 Å². The maximum absolute atomic E-state index is 10.6. The molecule has 1 N–H and O–H groups in total. The first-order valence-electron chi connectivity index (χ1n) is 13.8. The lowest BCUT2D eigenvalue weighted by Gasteiger charge is -2.54. The third-order valence-corrected chi connectivity index (χ3v) is 14.9. The van der Waals surface area contributed by atoms with E-state index in [0.717, 1.165) is 18.6 Å². The molecule has 204 valence electrons. The van der Waals surface area contributed by atoms with Crippen molar-refractivity contribution in [2.24, 2.45) is 23.7 Å². The van der Waals surface area contributed by atoms with E-state index in [1.807, 2.05) is 26.2 Å². The van der Waals surface area contributed by atoms with E-state index in [9.17, 15) is 5.11 Å². The standard InChI is InChI=1S/C25H46O3Si.C5H10O/c1-10-11-12-22-20(8)13-14-23-21(9)25(16-26,27-15-24(22)23)28-29(17(2)3,18(4)5)19(6)7;1-4-5(2)6-3/h10-11,15,17-23,26H,12-14,16H2,1-9H3;4H,1-3H3/b11-10+;/t20-,21?,22+,23?,25?;/m1./s1. The van der Waals surface area contributed by atoms with E-state index in [4.69, 9.17) is 13.9 Å². The fourth-order valence-electron chi connectivity index (χ4n) is 6.46. The lowest BCUT2D eigenvalue weighted by atomic mass is 9.64. The van der Waals surface area contributed by atoms with Gasteiger partial charge in [0.05, 0.1) is 19.1 Å². The predicted molar refractivity (Wildman–Crippen MR) is 152 cm³/mol. The third-order valence-electron chi connectivity index (χ3n) is 8.80. The SMILES string of the molecule is C/C=C/C[C@@H]1C2=COC(CO)(O[Si](C(C)C)(C(C)C)C(C)C)C(C)C2CC[C@H]1C.CC=C(C)OC. The second-order valence-electron chi connectivity index (χ2n) is 11.6. The molecule has 0 radical (unpaired) electrons. The van der Waals surface area contributed by atoms with Gasteiger partial charge in [-0.3, -0.25) is 0 Å². The maximum atomic E-state index is 10.6. The molecule has 0 spiro atoms. The topological polar surface area (TPSA) is 47.9 Å². The Labute approximate surface area is 218 Å². The minimum Gasteiger partial charge on any atom is -0.502 e. The van der Waals surface area contributed by atoms with Crippen LogP contribution in [-0.2, 0) is 13.9 Å². The maximum Gasteiger partial charge on any atom is 0.227 e. The molecular formula is C30H56O4Si. The van der Waals surface area contributed by atoms with Gasteiger partial charge in [-0.1, -0.05) is 73.6 Å². The first-order chi connectivity index (χ1) is 16.4. The second-order valence-corrected chi connectivity index (χ2v) is 17.0. The number of aliphatic hydroxyl groups is 1. The quantitative estimate of drug-likeness (QED) is 0.192. The average molecular weight is 509 g/mol. The third kappa shape index (κ3) is 7.04. The van der Waals surface area contributed by atoms with Gasteiger partial charge in [-0.2, -0.15) is 0 Å². The summed E-state index contributed by atoms with van der Waals surface area (Å²) in [7, 11) is -0.522. The van der Waals surface area contributed by atoms with E-state index in [0.29, 0.717) is 34.4 Å². The number of methoxy groups -OCH3 is 1. The Hall–Kier alpha value is -1.04. The van der Waals surface area contributed by atoms with E-state index in [2.05, 4.69) is 74.5 Å². The Balaban J connectivity index is 0.000000905. The van der Waals surface area contributed by atoms with Crippen LogP contribution in [-0.4, -0.2) is 32.9 Å². The number of hydrogen-bond acceptors (Lipinski definition) is 4. The van der Waals surface area contributed by atoms with Gasteiger partial charge in [0, 0.05) is 5.92 Å². The lowest BCUT2D eigenvalue weighted by molar-refractivity contribution is -0.233. The summed E-state index contributed by atoms with van der Waals surface area (Å²) in [6.45, 7) is 24.3. The van der Waals surface area contributed by atoms with Crippen LogP contribution >= 0.6 is 0 Å². The van der Waals surface area contributed by atoms with Crippen molar-refractivity contribution >= 4 is 8.32 Å². The normalized spacial score (nSPS) is 29.6. The molecule has 3 unspecified atom stereocenters. The van der Waals surface area contributed by atoms with Crippen LogP contribution < -0.4 is 0 Å². The molecule has 5 atom stereocenters. The molecule has 1 fully saturated rings. The summed E-state index contributed by atoms with van der Waals surface area (Å²) in [5.74, 6) is 1.84. The highest BCUT2D eigenvalue weighted by molar-refractivity contribution is 6.77. The molecule has 2 aliphatic rings. The van der Waals surface area contributed by atoms with Crippen LogP contribution in [0.1, 0.15) is 95.4 Å². The van der Waals surface area contributed by atoms with Crippen molar-refractivity contribution in [1.82, 2.24) is 0 Å². The van der Waals surface area contributed by atoms with Gasteiger partial charge in [0.1, 0.15) is 6.61 Å². The van der Waals surface area contributed by atoms with Gasteiger partial charge in [0.2, 0.25) is 14.1 Å². The van der Waals surface area contributed by atoms with Crippen molar-refractivity contribution in [3.63, 3.8) is 0 Å². The predicted octanol–water partition coefficient (Wildman–Crippen LogP) is 8.60. The van der Waals surface area contributed by atoms with Crippen LogP contribution in [0.2, 0.25) is 16.6 Å². The summed E-state index contributed by atoms with van der Waals surface area (Å²) in [5.41, 5.74) is 2.82. The molecule has 35 heavy (non-hydrogen) atoms. The van der Waals surface area contributed by atoms with Crippen LogP contribution in [0.4, 0.5) is 0 Å². The zero-order valence-electron chi connectivity index (χ0n) is 24.9. The molecule has 1 saturated carbocycles. The van der Waals surface area contributed by atoms with Crippen molar-refractivity contribution in [2.45, 2.75) is 118 Å². The van der Waals surface area contributed by atoms with Crippen LogP contribution in [0.25, 0.3) is 0 Å².